The van der Waals surface area contributed by atoms with E-state index in [1.54, 1.807) is 0 Å². The van der Waals surface area contributed by atoms with E-state index in [0.29, 0.717) is 24.7 Å². The summed E-state index contributed by atoms with van der Waals surface area (Å²) in [7, 11) is 0. The normalized spacial score (nSPS) is 11.1. The number of carbonyl (C=O) groups is 2. The van der Waals surface area contributed by atoms with Crippen LogP contribution in [0.25, 0.3) is 21.5 Å². The molecule has 0 saturated carbocycles. The Morgan fingerprint density at radius 2 is 0.621 bits per heavy atom. The molecule has 0 fully saturated rings. The van der Waals surface area contributed by atoms with Crippen molar-refractivity contribution in [2.24, 2.45) is 0 Å². The molecule has 4 rings (SSSR count). The third-order valence-electron chi connectivity index (χ3n) is 10.5. The average molecular weight is 799 g/mol. The Kier molecular flexibility index (Phi) is 23.0. The minimum absolute atomic E-state index is 0.0889. The largest absolute Gasteiger partial charge is 0.493 e. The lowest BCUT2D eigenvalue weighted by Gasteiger charge is -2.13. The van der Waals surface area contributed by atoms with Gasteiger partial charge in [-0.2, -0.15) is 0 Å². The van der Waals surface area contributed by atoms with Crippen molar-refractivity contribution in [1.82, 2.24) is 0 Å². The quantitative estimate of drug-likeness (QED) is 0.0348. The van der Waals surface area contributed by atoms with Gasteiger partial charge < -0.3 is 28.4 Å². The molecule has 0 aliphatic rings. The average Bonchev–Trinajstić information content (AvgIpc) is 3.24. The smallest absolute Gasteiger partial charge is 0.344 e. The molecule has 0 unspecified atom stereocenters. The highest BCUT2D eigenvalue weighted by Crippen LogP contribution is 2.34. The van der Waals surface area contributed by atoms with E-state index in [9.17, 15) is 9.59 Å². The minimum atomic E-state index is -0.556. The van der Waals surface area contributed by atoms with Crippen LogP contribution in [-0.4, -0.2) is 51.6 Å². The molecule has 0 aliphatic heterocycles. The first-order valence-electron chi connectivity index (χ1n) is 22.5. The number of ether oxygens (including phenoxy) is 6. The van der Waals surface area contributed by atoms with Crippen molar-refractivity contribution in [2.45, 2.75) is 142 Å². The topological polar surface area (TPSA) is 89.5 Å². The van der Waals surface area contributed by atoms with Crippen molar-refractivity contribution in [3.8, 4) is 23.0 Å². The number of fused-ring (bicyclic) bond motifs is 2. The van der Waals surface area contributed by atoms with E-state index in [4.69, 9.17) is 28.4 Å². The summed E-state index contributed by atoms with van der Waals surface area (Å²) in [5.41, 5.74) is 0. The highest BCUT2D eigenvalue weighted by atomic mass is 16.6. The van der Waals surface area contributed by atoms with Gasteiger partial charge >= 0.3 is 11.9 Å². The van der Waals surface area contributed by atoms with E-state index in [2.05, 4.69) is 13.8 Å². The summed E-state index contributed by atoms with van der Waals surface area (Å²) in [6.45, 7) is 5.13. The Labute approximate surface area is 348 Å². The lowest BCUT2D eigenvalue weighted by Crippen LogP contribution is -2.21. The first-order chi connectivity index (χ1) is 28.6. The highest BCUT2D eigenvalue weighted by molar-refractivity contribution is 5.94. The molecule has 0 saturated heterocycles. The zero-order chi connectivity index (χ0) is 40.9. The summed E-state index contributed by atoms with van der Waals surface area (Å²) >= 11 is 0. The van der Waals surface area contributed by atoms with Gasteiger partial charge in [-0.05, 0) is 37.1 Å². The van der Waals surface area contributed by atoms with Crippen molar-refractivity contribution in [3.63, 3.8) is 0 Å². The molecular weight excluding hydrogens is 729 g/mol. The molecule has 318 valence electrons. The van der Waals surface area contributed by atoms with Gasteiger partial charge in [0.05, 0.1) is 13.2 Å². The Morgan fingerprint density at radius 3 is 0.931 bits per heavy atom. The summed E-state index contributed by atoms with van der Waals surface area (Å²) in [5, 5.41) is 3.60. The molecule has 8 heteroatoms. The van der Waals surface area contributed by atoms with Crippen LogP contribution in [0.15, 0.2) is 72.8 Å². The van der Waals surface area contributed by atoms with E-state index in [0.717, 1.165) is 45.9 Å². The number of hydrogen-bond acceptors (Lipinski definition) is 8. The van der Waals surface area contributed by atoms with Crippen LogP contribution in [0.2, 0.25) is 0 Å². The Balaban J connectivity index is 1.09. The van der Waals surface area contributed by atoms with Crippen molar-refractivity contribution in [3.05, 3.63) is 72.8 Å². The molecule has 0 N–H and O–H groups in total. The van der Waals surface area contributed by atoms with Crippen LogP contribution >= 0.6 is 0 Å². The van der Waals surface area contributed by atoms with Crippen LogP contribution in [0.3, 0.4) is 0 Å². The molecular formula is C50H70O8. The molecule has 58 heavy (non-hydrogen) atoms. The van der Waals surface area contributed by atoms with Crippen molar-refractivity contribution < 1.29 is 38.0 Å². The van der Waals surface area contributed by atoms with Crippen molar-refractivity contribution in [2.75, 3.05) is 39.6 Å². The molecule has 0 atom stereocenters. The van der Waals surface area contributed by atoms with Crippen LogP contribution in [0.1, 0.15) is 142 Å². The second-order valence-electron chi connectivity index (χ2n) is 15.3. The van der Waals surface area contributed by atoms with E-state index >= 15 is 0 Å². The van der Waals surface area contributed by atoms with E-state index in [1.807, 2.05) is 72.8 Å². The third kappa shape index (κ3) is 17.6. The van der Waals surface area contributed by atoms with Crippen molar-refractivity contribution >= 4 is 33.5 Å². The second-order valence-corrected chi connectivity index (χ2v) is 15.3. The second kappa shape index (κ2) is 28.9. The molecule has 0 heterocycles. The monoisotopic (exact) mass is 799 g/mol. The number of rotatable bonds is 33. The van der Waals surface area contributed by atoms with Gasteiger partial charge in [-0.15, -0.1) is 0 Å². The van der Waals surface area contributed by atoms with Crippen LogP contribution in [-0.2, 0) is 19.1 Å². The van der Waals surface area contributed by atoms with Crippen LogP contribution in [0.4, 0.5) is 0 Å². The summed E-state index contributed by atoms with van der Waals surface area (Å²) in [6, 6.07) is 23.2. The zero-order valence-corrected chi connectivity index (χ0v) is 35.6. The number of benzene rings is 4. The Hall–Kier alpha value is -4.46. The predicted octanol–water partition coefficient (Wildman–Crippen LogP) is 13.1. The van der Waals surface area contributed by atoms with Gasteiger partial charge in [0, 0.05) is 21.5 Å². The molecule has 4 aromatic rings. The van der Waals surface area contributed by atoms with E-state index < -0.39 is 11.9 Å². The van der Waals surface area contributed by atoms with Crippen LogP contribution < -0.4 is 18.9 Å². The summed E-state index contributed by atoms with van der Waals surface area (Å²) < 4.78 is 34.5. The fraction of sp³-hybridized carbons (Fsp3) is 0.560. The third-order valence-corrected chi connectivity index (χ3v) is 10.5. The van der Waals surface area contributed by atoms with Gasteiger partial charge in [-0.3, -0.25) is 0 Å². The van der Waals surface area contributed by atoms with Gasteiger partial charge in [0.1, 0.15) is 36.2 Å². The standard InChI is InChI=1S/C50H70O8/c1-3-5-7-9-11-13-15-17-19-21-35-53-45-31-23-29-43-41(45)27-25-33-47(43)57-39-49(51)55-37-38-56-50(52)40-58-48-34-26-28-42-44(48)30-24-32-46(42)54-36-22-20-18-16-14-12-10-8-6-4-2/h23-34H,3-22,35-40H2,1-2H3. The van der Waals surface area contributed by atoms with Gasteiger partial charge in [0.15, 0.2) is 13.2 Å². The number of esters is 2. The van der Waals surface area contributed by atoms with Crippen LogP contribution in [0, 0.1) is 0 Å². The summed E-state index contributed by atoms with van der Waals surface area (Å²) in [4.78, 5) is 25.0. The Bertz CT molecular complexity index is 1610. The lowest BCUT2D eigenvalue weighted by molar-refractivity contribution is -0.154. The molecule has 0 spiro atoms. The minimum Gasteiger partial charge on any atom is -0.493 e. The number of unbranched alkanes of at least 4 members (excludes halogenated alkanes) is 18. The van der Waals surface area contributed by atoms with Gasteiger partial charge in [-0.1, -0.05) is 178 Å². The molecule has 0 aliphatic carbocycles. The molecule has 0 aromatic heterocycles. The summed E-state index contributed by atoms with van der Waals surface area (Å²) in [5.74, 6) is 1.65. The highest BCUT2D eigenvalue weighted by Gasteiger charge is 2.13. The number of carbonyl (C=O) groups excluding carboxylic acids is 2. The van der Waals surface area contributed by atoms with Crippen molar-refractivity contribution in [1.29, 1.82) is 0 Å². The predicted molar refractivity (Wildman–Crippen MR) is 235 cm³/mol. The molecule has 4 aromatic carbocycles. The maximum atomic E-state index is 12.5. The van der Waals surface area contributed by atoms with E-state index in [-0.39, 0.29) is 26.4 Å². The summed E-state index contributed by atoms with van der Waals surface area (Å²) in [6.07, 6.45) is 25.6. The van der Waals surface area contributed by atoms with Gasteiger partial charge in [0.25, 0.3) is 0 Å². The van der Waals surface area contributed by atoms with Crippen LogP contribution in [0.5, 0.6) is 23.0 Å². The molecule has 0 bridgehead atoms. The SMILES string of the molecule is CCCCCCCCCCCCOc1cccc2c(OCC(=O)OCCOC(=O)COc3cccc4c(OCCCCCCCCCCCC)cccc34)cccc12. The maximum Gasteiger partial charge on any atom is 0.344 e. The van der Waals surface area contributed by atoms with Gasteiger partial charge in [0.2, 0.25) is 0 Å². The number of hydrogen-bond donors (Lipinski definition) is 0. The first kappa shape index (κ1) is 46.2. The molecule has 8 nitrogen and oxygen atoms in total. The maximum absolute atomic E-state index is 12.5. The molecule has 0 amide bonds. The molecule has 0 radical (unpaired) electrons. The Morgan fingerprint density at radius 1 is 0.345 bits per heavy atom. The fourth-order valence-electron chi connectivity index (χ4n) is 7.22. The lowest BCUT2D eigenvalue weighted by atomic mass is 10.1. The van der Waals surface area contributed by atoms with Gasteiger partial charge in [-0.25, -0.2) is 9.59 Å². The zero-order valence-electron chi connectivity index (χ0n) is 35.6. The fourth-order valence-corrected chi connectivity index (χ4v) is 7.22. The van der Waals surface area contributed by atoms with E-state index in [1.165, 1.54) is 116 Å². The first-order valence-corrected chi connectivity index (χ1v) is 22.5.